The maximum Gasteiger partial charge on any atom is 0.000339 e. The monoisotopic (exact) mass is 278 g/mol. The van der Waals surface area contributed by atoms with E-state index in [4.69, 9.17) is 0 Å². The Kier molecular flexibility index (Phi) is 5.03. The van der Waals surface area contributed by atoms with Gasteiger partial charge in [0.05, 0.1) is 0 Å². The van der Waals surface area contributed by atoms with E-state index in [0.29, 0.717) is 0 Å². The molecule has 0 saturated heterocycles. The van der Waals surface area contributed by atoms with E-state index in [2.05, 4.69) is 67.7 Å². The van der Waals surface area contributed by atoms with Crippen LogP contribution >= 0.6 is 12.6 Å². The third-order valence-corrected chi connectivity index (χ3v) is 3.51. The van der Waals surface area contributed by atoms with Gasteiger partial charge in [-0.2, -0.15) is 0 Å². The molecule has 0 amide bonds. The first-order valence-corrected chi connectivity index (χ1v) is 7.04. The molecule has 0 N–H and O–H groups in total. The van der Waals surface area contributed by atoms with E-state index in [0.717, 1.165) is 16.0 Å². The molecule has 0 spiro atoms. The van der Waals surface area contributed by atoms with Gasteiger partial charge in [-0.1, -0.05) is 67.3 Å². The summed E-state index contributed by atoms with van der Waals surface area (Å²) in [6.45, 7) is 5.87. The second kappa shape index (κ2) is 6.97. The van der Waals surface area contributed by atoms with Crippen molar-refractivity contribution in [2.24, 2.45) is 0 Å². The van der Waals surface area contributed by atoms with Crippen molar-refractivity contribution in [2.75, 3.05) is 0 Å². The molecule has 0 radical (unpaired) electrons. The van der Waals surface area contributed by atoms with Crippen molar-refractivity contribution >= 4 is 18.2 Å². The molecule has 0 aliphatic rings. The summed E-state index contributed by atoms with van der Waals surface area (Å²) in [7, 11) is 0. The molecule has 0 atom stereocenters. The van der Waals surface area contributed by atoms with Crippen LogP contribution in [0.15, 0.2) is 84.3 Å². The maximum atomic E-state index is 4.41. The minimum atomic E-state index is 0.935. The summed E-state index contributed by atoms with van der Waals surface area (Å²) < 4.78 is 0. The molecule has 0 aliphatic carbocycles. The van der Waals surface area contributed by atoms with Crippen molar-refractivity contribution in [3.8, 4) is 11.1 Å². The lowest BCUT2D eigenvalue weighted by Gasteiger charge is -2.07. The number of allylic oxidation sites excluding steroid dienone is 4. The lowest BCUT2D eigenvalue weighted by Crippen LogP contribution is -1.84. The van der Waals surface area contributed by atoms with E-state index in [-0.39, 0.29) is 0 Å². The minimum absolute atomic E-state index is 0.935. The first kappa shape index (κ1) is 14.4. The van der Waals surface area contributed by atoms with Gasteiger partial charge in [0.1, 0.15) is 0 Å². The normalized spacial score (nSPS) is 12.3. The Balaban J connectivity index is 2.44. The molecule has 2 aromatic carbocycles. The first-order valence-electron chi connectivity index (χ1n) is 6.60. The molecule has 0 saturated carbocycles. The summed E-state index contributed by atoms with van der Waals surface area (Å²) in [4.78, 5) is 0.935. The quantitative estimate of drug-likeness (QED) is 0.533. The minimum Gasteiger partial charge on any atom is -0.144 e. The molecule has 2 rings (SSSR count). The highest BCUT2D eigenvalue weighted by atomic mass is 32.1. The Morgan fingerprint density at radius 2 is 1.70 bits per heavy atom. The fourth-order valence-electron chi connectivity index (χ4n) is 2.01. The third-order valence-electron chi connectivity index (χ3n) is 3.12. The van der Waals surface area contributed by atoms with Crippen LogP contribution in [0.3, 0.4) is 0 Å². The van der Waals surface area contributed by atoms with Crippen LogP contribution in [-0.4, -0.2) is 0 Å². The number of thiol groups is 1. The summed E-state index contributed by atoms with van der Waals surface area (Å²) in [6, 6.07) is 18.8. The van der Waals surface area contributed by atoms with Gasteiger partial charge in [-0.15, -0.1) is 12.6 Å². The zero-order valence-corrected chi connectivity index (χ0v) is 12.5. The SMILES string of the molecule is C=C/C(=C\C(S)=C/C)c1cccc(-c2ccccc2)c1. The van der Waals surface area contributed by atoms with Crippen molar-refractivity contribution in [2.45, 2.75) is 6.92 Å². The molecular weight excluding hydrogens is 260 g/mol. The van der Waals surface area contributed by atoms with Gasteiger partial charge >= 0.3 is 0 Å². The highest BCUT2D eigenvalue weighted by molar-refractivity contribution is 7.84. The lowest BCUT2D eigenvalue weighted by molar-refractivity contribution is 1.57. The van der Waals surface area contributed by atoms with Gasteiger partial charge in [0.15, 0.2) is 0 Å². The first-order chi connectivity index (χ1) is 9.74. The summed E-state index contributed by atoms with van der Waals surface area (Å²) in [5.41, 5.74) is 4.65. The van der Waals surface area contributed by atoms with E-state index < -0.39 is 0 Å². The highest BCUT2D eigenvalue weighted by Gasteiger charge is 2.01. The van der Waals surface area contributed by atoms with Crippen molar-refractivity contribution in [1.82, 2.24) is 0 Å². The molecule has 100 valence electrons. The molecule has 0 aromatic heterocycles. The van der Waals surface area contributed by atoms with Crippen LogP contribution in [0.25, 0.3) is 16.7 Å². The molecule has 0 unspecified atom stereocenters. The van der Waals surface area contributed by atoms with Crippen LogP contribution < -0.4 is 0 Å². The molecule has 0 fully saturated rings. The van der Waals surface area contributed by atoms with Gasteiger partial charge in [-0.3, -0.25) is 0 Å². The molecule has 0 bridgehead atoms. The van der Waals surface area contributed by atoms with Crippen LogP contribution in [0, 0.1) is 0 Å². The topological polar surface area (TPSA) is 0 Å². The van der Waals surface area contributed by atoms with E-state index in [9.17, 15) is 0 Å². The van der Waals surface area contributed by atoms with E-state index in [1.165, 1.54) is 11.1 Å². The Hall–Kier alpha value is -1.99. The molecule has 0 aliphatic heterocycles. The lowest BCUT2D eigenvalue weighted by atomic mass is 9.99. The Labute approximate surface area is 126 Å². The smallest absolute Gasteiger partial charge is 0.000339 e. The van der Waals surface area contributed by atoms with Gasteiger partial charge in [0, 0.05) is 4.91 Å². The number of hydrogen-bond donors (Lipinski definition) is 1. The summed E-state index contributed by atoms with van der Waals surface area (Å²) in [5, 5.41) is 0. The van der Waals surface area contributed by atoms with Crippen molar-refractivity contribution < 1.29 is 0 Å². The molecule has 2 aromatic rings. The van der Waals surface area contributed by atoms with E-state index >= 15 is 0 Å². The maximum absolute atomic E-state index is 4.41. The molecule has 1 heteroatoms. The Morgan fingerprint density at radius 3 is 2.35 bits per heavy atom. The standard InChI is InChI=1S/C19H18S/c1-3-15(14-19(20)4-2)17-11-8-12-18(13-17)16-9-6-5-7-10-16/h3-14,20H,1H2,2H3/b15-14+,19-4+. The highest BCUT2D eigenvalue weighted by Crippen LogP contribution is 2.25. The predicted octanol–water partition coefficient (Wildman–Crippen LogP) is 5.76. The third kappa shape index (κ3) is 3.52. The molecular formula is C19H18S. The Bertz CT molecular complexity index is 648. The zero-order valence-electron chi connectivity index (χ0n) is 11.6. The average molecular weight is 278 g/mol. The fraction of sp³-hybridized carbons (Fsp3) is 0.0526. The number of benzene rings is 2. The Morgan fingerprint density at radius 1 is 1.00 bits per heavy atom. The van der Waals surface area contributed by atoms with E-state index in [1.807, 2.05) is 31.2 Å². The van der Waals surface area contributed by atoms with Crippen molar-refractivity contribution in [1.29, 1.82) is 0 Å². The van der Waals surface area contributed by atoms with Crippen LogP contribution in [-0.2, 0) is 0 Å². The van der Waals surface area contributed by atoms with Gasteiger partial charge in [-0.05, 0) is 41.3 Å². The van der Waals surface area contributed by atoms with E-state index in [1.54, 1.807) is 0 Å². The van der Waals surface area contributed by atoms with Crippen LogP contribution in [0.1, 0.15) is 12.5 Å². The summed E-state index contributed by atoms with van der Waals surface area (Å²) in [6.07, 6.45) is 5.86. The predicted molar refractivity (Wildman–Crippen MR) is 92.8 cm³/mol. The van der Waals surface area contributed by atoms with Crippen LogP contribution in [0.2, 0.25) is 0 Å². The van der Waals surface area contributed by atoms with Gasteiger partial charge in [-0.25, -0.2) is 0 Å². The van der Waals surface area contributed by atoms with Crippen molar-refractivity contribution in [3.05, 3.63) is 89.9 Å². The second-order valence-corrected chi connectivity index (χ2v) is 4.98. The summed E-state index contributed by atoms with van der Waals surface area (Å²) >= 11 is 4.41. The average Bonchev–Trinajstić information content (AvgIpc) is 2.53. The van der Waals surface area contributed by atoms with Gasteiger partial charge < -0.3 is 0 Å². The number of rotatable bonds is 4. The van der Waals surface area contributed by atoms with Gasteiger partial charge in [0.25, 0.3) is 0 Å². The van der Waals surface area contributed by atoms with Crippen LogP contribution in [0.4, 0.5) is 0 Å². The molecule has 0 heterocycles. The largest absolute Gasteiger partial charge is 0.144 e. The second-order valence-electron chi connectivity index (χ2n) is 4.46. The zero-order chi connectivity index (χ0) is 14.4. The van der Waals surface area contributed by atoms with Gasteiger partial charge in [0.2, 0.25) is 0 Å². The fourth-order valence-corrected chi connectivity index (χ4v) is 2.15. The summed E-state index contributed by atoms with van der Waals surface area (Å²) in [5.74, 6) is 0. The van der Waals surface area contributed by atoms with Crippen LogP contribution in [0.5, 0.6) is 0 Å². The number of hydrogen-bond acceptors (Lipinski definition) is 1. The molecule has 20 heavy (non-hydrogen) atoms. The molecule has 0 nitrogen and oxygen atoms in total. The van der Waals surface area contributed by atoms with Crippen molar-refractivity contribution in [3.63, 3.8) is 0 Å².